The van der Waals surface area contributed by atoms with Gasteiger partial charge < -0.3 is 24.8 Å². The van der Waals surface area contributed by atoms with Gasteiger partial charge in [-0.25, -0.2) is 13.8 Å². The van der Waals surface area contributed by atoms with Crippen LogP contribution in [0.25, 0.3) is 0 Å². The van der Waals surface area contributed by atoms with Crippen molar-refractivity contribution in [2.75, 3.05) is 33.1 Å². The number of guanidine groups is 1. The van der Waals surface area contributed by atoms with E-state index in [4.69, 9.17) is 14.2 Å². The lowest BCUT2D eigenvalue weighted by molar-refractivity contribution is 0.0513. The molecule has 2 aromatic carbocycles. The predicted octanol–water partition coefficient (Wildman–Crippen LogP) is 3.50. The van der Waals surface area contributed by atoms with E-state index < -0.39 is 11.6 Å². The van der Waals surface area contributed by atoms with Crippen LogP contribution in [0.15, 0.2) is 41.4 Å². The molecule has 0 atom stereocenters. The number of benzene rings is 2. The standard InChI is InChI=1S/C23H27F2N3O3/c1-2-26-22(27-13-16-11-18(24)4-5-19(16)25)28-14-23(7-9-29-10-8-23)17-3-6-20-21(12-17)31-15-30-20/h3-6,11-12H,2,7-10,13-15H2,1H3,(H2,26,27,28). The summed E-state index contributed by atoms with van der Waals surface area (Å²) in [7, 11) is 0. The molecule has 0 bridgehead atoms. The van der Waals surface area contributed by atoms with E-state index in [1.54, 1.807) is 0 Å². The van der Waals surface area contributed by atoms with Crippen molar-refractivity contribution in [2.45, 2.75) is 31.7 Å². The van der Waals surface area contributed by atoms with E-state index >= 15 is 0 Å². The highest BCUT2D eigenvalue weighted by Gasteiger charge is 2.35. The summed E-state index contributed by atoms with van der Waals surface area (Å²) in [6.45, 7) is 4.84. The molecular formula is C23H27F2N3O3. The Morgan fingerprint density at radius 3 is 2.65 bits per heavy atom. The van der Waals surface area contributed by atoms with Crippen LogP contribution in [0.2, 0.25) is 0 Å². The van der Waals surface area contributed by atoms with Crippen LogP contribution in [0.1, 0.15) is 30.9 Å². The molecule has 4 rings (SSSR count). The van der Waals surface area contributed by atoms with E-state index in [2.05, 4.69) is 21.7 Å². The number of hydrogen-bond acceptors (Lipinski definition) is 4. The van der Waals surface area contributed by atoms with Crippen LogP contribution in [0, 0.1) is 11.6 Å². The Bertz CT molecular complexity index is 946. The highest BCUT2D eigenvalue weighted by atomic mass is 19.1. The average molecular weight is 431 g/mol. The Balaban J connectivity index is 1.52. The molecule has 0 amide bonds. The average Bonchev–Trinajstić information content (AvgIpc) is 3.26. The Hall–Kier alpha value is -2.87. The molecule has 1 fully saturated rings. The summed E-state index contributed by atoms with van der Waals surface area (Å²) in [5.41, 5.74) is 1.20. The summed E-state index contributed by atoms with van der Waals surface area (Å²) in [6, 6.07) is 9.47. The lowest BCUT2D eigenvalue weighted by Crippen LogP contribution is -2.48. The number of aliphatic imine (C=N–C) groups is 1. The Morgan fingerprint density at radius 2 is 1.84 bits per heavy atom. The van der Waals surface area contributed by atoms with Gasteiger partial charge in [-0.2, -0.15) is 0 Å². The second-order valence-electron chi connectivity index (χ2n) is 7.75. The maximum Gasteiger partial charge on any atom is 0.231 e. The third kappa shape index (κ3) is 4.90. The predicted molar refractivity (Wildman–Crippen MR) is 113 cm³/mol. The van der Waals surface area contributed by atoms with Gasteiger partial charge in [-0.1, -0.05) is 6.07 Å². The SMILES string of the molecule is CCNC(=NCc1cc(F)ccc1F)NCC1(c2ccc3c(c2)OCO3)CCOCC1. The molecule has 2 aliphatic heterocycles. The minimum Gasteiger partial charge on any atom is -0.454 e. The molecule has 166 valence electrons. The summed E-state index contributed by atoms with van der Waals surface area (Å²) in [5, 5.41) is 6.58. The molecular weight excluding hydrogens is 404 g/mol. The zero-order valence-corrected chi connectivity index (χ0v) is 17.5. The van der Waals surface area contributed by atoms with Crippen molar-refractivity contribution in [3.8, 4) is 11.5 Å². The first-order valence-corrected chi connectivity index (χ1v) is 10.5. The molecule has 2 aromatic rings. The highest BCUT2D eigenvalue weighted by molar-refractivity contribution is 5.79. The number of ether oxygens (including phenoxy) is 3. The summed E-state index contributed by atoms with van der Waals surface area (Å²) >= 11 is 0. The van der Waals surface area contributed by atoms with E-state index in [0.717, 1.165) is 42.0 Å². The lowest BCUT2D eigenvalue weighted by Gasteiger charge is -2.38. The molecule has 1 saturated heterocycles. The number of fused-ring (bicyclic) bond motifs is 1. The van der Waals surface area contributed by atoms with Gasteiger partial charge in [0.25, 0.3) is 0 Å². The van der Waals surface area contributed by atoms with Gasteiger partial charge in [0.2, 0.25) is 6.79 Å². The van der Waals surface area contributed by atoms with E-state index in [-0.39, 0.29) is 24.3 Å². The summed E-state index contributed by atoms with van der Waals surface area (Å²) in [6.07, 6.45) is 1.69. The van der Waals surface area contributed by atoms with E-state index in [0.29, 0.717) is 32.3 Å². The van der Waals surface area contributed by atoms with Crippen LogP contribution < -0.4 is 20.1 Å². The molecule has 0 aliphatic carbocycles. The molecule has 2 heterocycles. The number of nitrogens with zero attached hydrogens (tertiary/aromatic N) is 1. The van der Waals surface area contributed by atoms with Gasteiger partial charge in [-0.15, -0.1) is 0 Å². The maximum atomic E-state index is 14.0. The minimum absolute atomic E-state index is 0.0407. The van der Waals surface area contributed by atoms with Crippen molar-refractivity contribution in [2.24, 2.45) is 4.99 Å². The van der Waals surface area contributed by atoms with Crippen LogP contribution in [-0.2, 0) is 16.7 Å². The molecule has 31 heavy (non-hydrogen) atoms. The minimum atomic E-state index is -0.478. The van der Waals surface area contributed by atoms with E-state index in [1.807, 2.05) is 19.1 Å². The van der Waals surface area contributed by atoms with Crippen molar-refractivity contribution in [1.82, 2.24) is 10.6 Å². The highest BCUT2D eigenvalue weighted by Crippen LogP contribution is 2.40. The van der Waals surface area contributed by atoms with E-state index in [1.165, 1.54) is 6.07 Å². The first kappa shape index (κ1) is 21.4. The van der Waals surface area contributed by atoms with Crippen LogP contribution in [0.5, 0.6) is 11.5 Å². The summed E-state index contributed by atoms with van der Waals surface area (Å²) < 4.78 is 44.1. The van der Waals surface area contributed by atoms with Crippen LogP contribution >= 0.6 is 0 Å². The second-order valence-corrected chi connectivity index (χ2v) is 7.75. The monoisotopic (exact) mass is 431 g/mol. The number of rotatable bonds is 6. The molecule has 6 nitrogen and oxygen atoms in total. The van der Waals surface area contributed by atoms with Gasteiger partial charge in [0.05, 0.1) is 6.54 Å². The van der Waals surface area contributed by atoms with Gasteiger partial charge in [-0.05, 0) is 55.7 Å². The summed E-state index contributed by atoms with van der Waals surface area (Å²) in [5.74, 6) is 1.12. The fourth-order valence-corrected chi connectivity index (χ4v) is 3.98. The topological polar surface area (TPSA) is 64.1 Å². The molecule has 8 heteroatoms. The normalized spacial score (nSPS) is 17.5. The van der Waals surface area contributed by atoms with Crippen LogP contribution in [0.3, 0.4) is 0 Å². The smallest absolute Gasteiger partial charge is 0.231 e. The molecule has 0 spiro atoms. The van der Waals surface area contributed by atoms with Crippen LogP contribution in [0.4, 0.5) is 8.78 Å². The number of nitrogens with one attached hydrogen (secondary N) is 2. The van der Waals surface area contributed by atoms with Gasteiger partial charge in [0.15, 0.2) is 17.5 Å². The molecule has 0 radical (unpaired) electrons. The van der Waals surface area contributed by atoms with Gasteiger partial charge in [0, 0.05) is 37.3 Å². The van der Waals surface area contributed by atoms with Crippen molar-refractivity contribution >= 4 is 5.96 Å². The zero-order valence-electron chi connectivity index (χ0n) is 17.5. The molecule has 0 saturated carbocycles. The van der Waals surface area contributed by atoms with Gasteiger partial charge >= 0.3 is 0 Å². The maximum absolute atomic E-state index is 14.0. The lowest BCUT2D eigenvalue weighted by atomic mass is 9.74. The van der Waals surface area contributed by atoms with Crippen molar-refractivity contribution in [3.05, 3.63) is 59.2 Å². The quantitative estimate of drug-likeness (QED) is 0.542. The fraction of sp³-hybridized carbons (Fsp3) is 0.435. The largest absolute Gasteiger partial charge is 0.454 e. The number of hydrogen-bond donors (Lipinski definition) is 2. The second kappa shape index (κ2) is 9.51. The zero-order chi connectivity index (χ0) is 21.7. The molecule has 0 unspecified atom stereocenters. The van der Waals surface area contributed by atoms with Crippen molar-refractivity contribution in [1.29, 1.82) is 0 Å². The molecule has 0 aromatic heterocycles. The van der Waals surface area contributed by atoms with Gasteiger partial charge in [-0.3, -0.25) is 0 Å². The summed E-state index contributed by atoms with van der Waals surface area (Å²) in [4.78, 5) is 4.46. The third-order valence-electron chi connectivity index (χ3n) is 5.79. The fourth-order valence-electron chi connectivity index (χ4n) is 3.98. The van der Waals surface area contributed by atoms with Crippen molar-refractivity contribution in [3.63, 3.8) is 0 Å². The third-order valence-corrected chi connectivity index (χ3v) is 5.79. The van der Waals surface area contributed by atoms with Crippen molar-refractivity contribution < 1.29 is 23.0 Å². The Morgan fingerprint density at radius 1 is 1.03 bits per heavy atom. The number of halogens is 2. The van der Waals surface area contributed by atoms with E-state index in [9.17, 15) is 8.78 Å². The molecule has 2 N–H and O–H groups in total. The van der Waals surface area contributed by atoms with Gasteiger partial charge in [0.1, 0.15) is 11.6 Å². The Kier molecular flexibility index (Phi) is 6.56. The first-order valence-electron chi connectivity index (χ1n) is 10.5. The first-order chi connectivity index (χ1) is 15.1. The Labute approximate surface area is 180 Å². The molecule has 2 aliphatic rings. The van der Waals surface area contributed by atoms with Crippen LogP contribution in [-0.4, -0.2) is 39.1 Å².